The molecule has 1 aromatic rings. The molecule has 1 aliphatic rings. The van der Waals surface area contributed by atoms with Crippen molar-refractivity contribution in [2.45, 2.75) is 37.1 Å². The largest absolute Gasteiger partial charge is 0.507 e. The molecule has 5 heteroatoms. The lowest BCUT2D eigenvalue weighted by molar-refractivity contribution is 0.0926. The molecule has 3 nitrogen and oxygen atoms in total. The minimum atomic E-state index is -0.266. The predicted molar refractivity (Wildman–Crippen MR) is 75.2 cm³/mol. The third-order valence-electron chi connectivity index (χ3n) is 3.20. The molecule has 1 aromatic carbocycles. The van der Waals surface area contributed by atoms with Crippen molar-refractivity contribution in [3.63, 3.8) is 0 Å². The zero-order valence-corrected chi connectivity index (χ0v) is 12.2. The maximum absolute atomic E-state index is 12.0. The van der Waals surface area contributed by atoms with Gasteiger partial charge in [-0.25, -0.2) is 0 Å². The fourth-order valence-corrected chi connectivity index (χ4v) is 2.88. The van der Waals surface area contributed by atoms with Crippen LogP contribution in [-0.2, 0) is 0 Å². The van der Waals surface area contributed by atoms with Gasteiger partial charge in [0.05, 0.1) is 10.9 Å². The number of amides is 1. The second-order valence-corrected chi connectivity index (χ2v) is 6.02. The van der Waals surface area contributed by atoms with Gasteiger partial charge in [0.25, 0.3) is 5.91 Å². The summed E-state index contributed by atoms with van der Waals surface area (Å²) >= 11 is 9.44. The molecule has 0 aliphatic heterocycles. The fraction of sp³-hybridized carbons (Fsp3) is 0.462. The normalized spacial score (nSPS) is 23.7. The van der Waals surface area contributed by atoms with Gasteiger partial charge in [-0.15, -0.1) is 11.6 Å². The van der Waals surface area contributed by atoms with Crippen molar-refractivity contribution in [3.8, 4) is 5.75 Å². The SMILES string of the molecule is O=C(NC1CCCCC1Cl)c1ccc(Br)cc1O. The van der Waals surface area contributed by atoms with Crippen LogP contribution in [0.1, 0.15) is 36.0 Å². The van der Waals surface area contributed by atoms with E-state index in [4.69, 9.17) is 11.6 Å². The monoisotopic (exact) mass is 331 g/mol. The van der Waals surface area contributed by atoms with Crippen molar-refractivity contribution >= 4 is 33.4 Å². The van der Waals surface area contributed by atoms with Gasteiger partial charge in [0.2, 0.25) is 0 Å². The molecule has 0 heterocycles. The van der Waals surface area contributed by atoms with Crippen LogP contribution in [0.4, 0.5) is 0 Å². The first-order chi connectivity index (χ1) is 8.58. The summed E-state index contributed by atoms with van der Waals surface area (Å²) in [6, 6.07) is 4.83. The van der Waals surface area contributed by atoms with Gasteiger partial charge in [-0.3, -0.25) is 4.79 Å². The first kappa shape index (κ1) is 13.7. The highest BCUT2D eigenvalue weighted by atomic mass is 79.9. The maximum atomic E-state index is 12.0. The van der Waals surface area contributed by atoms with Crippen molar-refractivity contribution in [3.05, 3.63) is 28.2 Å². The number of nitrogens with one attached hydrogen (secondary N) is 1. The number of rotatable bonds is 2. The average molecular weight is 333 g/mol. The van der Waals surface area contributed by atoms with Gasteiger partial charge in [0.1, 0.15) is 5.75 Å². The Balaban J connectivity index is 2.07. The van der Waals surface area contributed by atoms with Gasteiger partial charge < -0.3 is 10.4 Å². The topological polar surface area (TPSA) is 49.3 Å². The van der Waals surface area contributed by atoms with Crippen LogP contribution in [0.5, 0.6) is 5.75 Å². The van der Waals surface area contributed by atoms with Crippen LogP contribution in [-0.4, -0.2) is 22.4 Å². The Morgan fingerprint density at radius 3 is 2.78 bits per heavy atom. The number of phenolic OH excluding ortho intramolecular Hbond substituents is 1. The molecular formula is C13H15BrClNO2. The Morgan fingerprint density at radius 2 is 2.11 bits per heavy atom. The van der Waals surface area contributed by atoms with Crippen LogP contribution in [0, 0.1) is 0 Å². The maximum Gasteiger partial charge on any atom is 0.255 e. The van der Waals surface area contributed by atoms with Crippen LogP contribution in [0.15, 0.2) is 22.7 Å². The highest BCUT2D eigenvalue weighted by molar-refractivity contribution is 9.10. The Kier molecular flexibility index (Phi) is 4.51. The number of carbonyl (C=O) groups excluding carboxylic acids is 1. The van der Waals surface area contributed by atoms with Crippen molar-refractivity contribution in [2.24, 2.45) is 0 Å². The molecule has 1 fully saturated rings. The van der Waals surface area contributed by atoms with E-state index in [9.17, 15) is 9.90 Å². The lowest BCUT2D eigenvalue weighted by atomic mass is 9.94. The number of benzene rings is 1. The summed E-state index contributed by atoms with van der Waals surface area (Å²) in [5, 5.41) is 12.6. The van der Waals surface area contributed by atoms with Gasteiger partial charge in [-0.05, 0) is 31.0 Å². The molecule has 0 aromatic heterocycles. The van der Waals surface area contributed by atoms with E-state index in [1.165, 1.54) is 6.07 Å². The number of aromatic hydroxyl groups is 1. The molecule has 0 spiro atoms. The third-order valence-corrected chi connectivity index (χ3v) is 4.22. The van der Waals surface area contributed by atoms with Gasteiger partial charge in [0.15, 0.2) is 0 Å². The van der Waals surface area contributed by atoms with E-state index in [-0.39, 0.29) is 28.6 Å². The van der Waals surface area contributed by atoms with Crippen LogP contribution in [0.25, 0.3) is 0 Å². The molecule has 18 heavy (non-hydrogen) atoms. The summed E-state index contributed by atoms with van der Waals surface area (Å²) in [5.41, 5.74) is 0.285. The van der Waals surface area contributed by atoms with Crippen molar-refractivity contribution in [1.29, 1.82) is 0 Å². The minimum Gasteiger partial charge on any atom is -0.507 e. The number of carbonyl (C=O) groups is 1. The Hall–Kier alpha value is -0.740. The van der Waals surface area contributed by atoms with E-state index >= 15 is 0 Å². The first-order valence-electron chi connectivity index (χ1n) is 6.01. The molecular weight excluding hydrogens is 318 g/mol. The van der Waals surface area contributed by atoms with Crippen LogP contribution < -0.4 is 5.32 Å². The highest BCUT2D eigenvalue weighted by Gasteiger charge is 2.25. The van der Waals surface area contributed by atoms with Crippen LogP contribution in [0.3, 0.4) is 0 Å². The molecule has 0 saturated heterocycles. The molecule has 1 aliphatic carbocycles. The first-order valence-corrected chi connectivity index (χ1v) is 7.24. The Bertz CT molecular complexity index is 453. The summed E-state index contributed by atoms with van der Waals surface area (Å²) in [6.45, 7) is 0. The molecule has 2 N–H and O–H groups in total. The average Bonchev–Trinajstić information content (AvgIpc) is 2.32. The fourth-order valence-electron chi connectivity index (χ4n) is 2.19. The van der Waals surface area contributed by atoms with Gasteiger partial charge >= 0.3 is 0 Å². The summed E-state index contributed by atoms with van der Waals surface area (Å²) in [5.74, 6) is -0.290. The second-order valence-electron chi connectivity index (χ2n) is 4.54. The third kappa shape index (κ3) is 3.18. The van der Waals surface area contributed by atoms with Crippen molar-refractivity contribution < 1.29 is 9.90 Å². The van der Waals surface area contributed by atoms with E-state index in [0.29, 0.717) is 0 Å². The van der Waals surface area contributed by atoms with E-state index in [2.05, 4.69) is 21.2 Å². The molecule has 2 atom stereocenters. The number of alkyl halides is 1. The van der Waals surface area contributed by atoms with E-state index in [1.54, 1.807) is 12.1 Å². The summed E-state index contributed by atoms with van der Waals surface area (Å²) in [4.78, 5) is 12.0. The quantitative estimate of drug-likeness (QED) is 0.815. The lowest BCUT2D eigenvalue weighted by Gasteiger charge is -2.27. The smallest absolute Gasteiger partial charge is 0.255 e. The van der Waals surface area contributed by atoms with Gasteiger partial charge in [-0.1, -0.05) is 28.8 Å². The molecule has 1 saturated carbocycles. The lowest BCUT2D eigenvalue weighted by Crippen LogP contribution is -2.42. The minimum absolute atomic E-state index is 0.00374. The molecule has 2 unspecified atom stereocenters. The molecule has 0 bridgehead atoms. The standard InChI is InChI=1S/C13H15BrClNO2/c14-8-5-6-9(12(17)7-8)13(18)16-11-4-2-1-3-10(11)15/h5-7,10-11,17H,1-4H2,(H,16,18). The summed E-state index contributed by atoms with van der Waals surface area (Å²) in [6.07, 6.45) is 4.03. The van der Waals surface area contributed by atoms with Crippen LogP contribution >= 0.6 is 27.5 Å². The predicted octanol–water partition coefficient (Wildman–Crippen LogP) is 3.43. The molecule has 1 amide bonds. The van der Waals surface area contributed by atoms with Crippen molar-refractivity contribution in [1.82, 2.24) is 5.32 Å². The molecule has 0 radical (unpaired) electrons. The molecule has 98 valence electrons. The second kappa shape index (κ2) is 5.93. The summed E-state index contributed by atoms with van der Waals surface area (Å²) < 4.78 is 0.740. The number of hydrogen-bond acceptors (Lipinski definition) is 2. The molecule has 2 rings (SSSR count). The number of hydrogen-bond donors (Lipinski definition) is 2. The van der Waals surface area contributed by atoms with Crippen molar-refractivity contribution in [2.75, 3.05) is 0 Å². The zero-order valence-electron chi connectivity index (χ0n) is 9.83. The van der Waals surface area contributed by atoms with Crippen LogP contribution in [0.2, 0.25) is 0 Å². The van der Waals surface area contributed by atoms with Gasteiger partial charge in [0, 0.05) is 10.5 Å². The Morgan fingerprint density at radius 1 is 1.39 bits per heavy atom. The zero-order chi connectivity index (χ0) is 13.1. The van der Waals surface area contributed by atoms with Gasteiger partial charge in [-0.2, -0.15) is 0 Å². The van der Waals surface area contributed by atoms with E-state index in [1.807, 2.05) is 0 Å². The van der Waals surface area contributed by atoms with E-state index in [0.717, 1.165) is 30.2 Å². The summed E-state index contributed by atoms with van der Waals surface area (Å²) in [7, 11) is 0. The highest BCUT2D eigenvalue weighted by Crippen LogP contribution is 2.25. The Labute approximate surface area is 120 Å². The van der Waals surface area contributed by atoms with E-state index < -0.39 is 0 Å². The number of halogens is 2. The number of phenols is 1.